The number of anilines is 1. The summed E-state index contributed by atoms with van der Waals surface area (Å²) in [6.45, 7) is 2.09. The van der Waals surface area contributed by atoms with Gasteiger partial charge in [0.1, 0.15) is 11.4 Å². The molecule has 0 atom stereocenters. The largest absolute Gasteiger partial charge is 0.497 e. The fourth-order valence-corrected chi connectivity index (χ4v) is 2.21. The summed E-state index contributed by atoms with van der Waals surface area (Å²) in [6.07, 6.45) is 1.80. The molecule has 0 unspecified atom stereocenters. The molecule has 0 spiro atoms. The van der Waals surface area contributed by atoms with Crippen molar-refractivity contribution in [1.29, 1.82) is 0 Å². The highest BCUT2D eigenvalue weighted by atomic mass is 16.5. The molecule has 0 aliphatic carbocycles. The lowest BCUT2D eigenvalue weighted by Crippen LogP contribution is -2.17. The van der Waals surface area contributed by atoms with Gasteiger partial charge in [0.15, 0.2) is 5.82 Å². The van der Waals surface area contributed by atoms with E-state index in [0.717, 1.165) is 0 Å². The molecule has 0 aliphatic heterocycles. The van der Waals surface area contributed by atoms with Crippen molar-refractivity contribution < 1.29 is 14.1 Å². The summed E-state index contributed by atoms with van der Waals surface area (Å²) in [7, 11) is 1.58. The lowest BCUT2D eigenvalue weighted by molar-refractivity contribution is 0.101. The van der Waals surface area contributed by atoms with Crippen molar-refractivity contribution in [2.75, 3.05) is 12.4 Å². The average molecular weight is 312 g/mol. The van der Waals surface area contributed by atoms with Gasteiger partial charge in [-0.25, -0.2) is 0 Å². The van der Waals surface area contributed by atoms with Gasteiger partial charge in [0.25, 0.3) is 5.91 Å². The minimum Gasteiger partial charge on any atom is -0.497 e. The van der Waals surface area contributed by atoms with Crippen molar-refractivity contribution in [1.82, 2.24) is 14.7 Å². The fourth-order valence-electron chi connectivity index (χ4n) is 2.21. The molecule has 3 rings (SSSR count). The second kappa shape index (κ2) is 6.35. The van der Waals surface area contributed by atoms with Gasteiger partial charge < -0.3 is 19.1 Å². The lowest BCUT2D eigenvalue weighted by atomic mass is 10.3. The number of amides is 1. The molecular formula is C16H16N4O3. The number of aryl methyl sites for hydroxylation is 1. The van der Waals surface area contributed by atoms with Crippen LogP contribution in [0.5, 0.6) is 5.75 Å². The van der Waals surface area contributed by atoms with E-state index < -0.39 is 0 Å². The molecule has 7 nitrogen and oxygen atoms in total. The van der Waals surface area contributed by atoms with Gasteiger partial charge in [-0.1, -0.05) is 11.2 Å². The molecule has 0 bridgehead atoms. The summed E-state index contributed by atoms with van der Waals surface area (Å²) in [5.41, 5.74) is 1.17. The Morgan fingerprint density at radius 3 is 2.96 bits per heavy atom. The molecule has 2 heterocycles. The maximum Gasteiger partial charge on any atom is 0.272 e. The smallest absolute Gasteiger partial charge is 0.272 e. The molecule has 7 heteroatoms. The highest BCUT2D eigenvalue weighted by Crippen LogP contribution is 2.18. The zero-order valence-corrected chi connectivity index (χ0v) is 12.8. The number of nitrogens with one attached hydrogen (secondary N) is 1. The number of benzene rings is 1. The molecule has 0 radical (unpaired) electrons. The van der Waals surface area contributed by atoms with Crippen LogP contribution in [0.3, 0.4) is 0 Å². The Morgan fingerprint density at radius 2 is 2.22 bits per heavy atom. The summed E-state index contributed by atoms with van der Waals surface area (Å²) >= 11 is 0. The van der Waals surface area contributed by atoms with Crippen molar-refractivity contribution in [3.8, 4) is 5.75 Å². The first-order chi connectivity index (χ1) is 11.2. The fraction of sp³-hybridized carbons (Fsp3) is 0.188. The molecule has 1 N–H and O–H groups in total. The summed E-state index contributed by atoms with van der Waals surface area (Å²) in [4.78, 5) is 16.6. The topological polar surface area (TPSA) is 82.2 Å². The maximum absolute atomic E-state index is 12.5. The minimum absolute atomic E-state index is 0.219. The van der Waals surface area contributed by atoms with E-state index >= 15 is 0 Å². The van der Waals surface area contributed by atoms with Crippen LogP contribution in [-0.4, -0.2) is 27.7 Å². The van der Waals surface area contributed by atoms with Crippen LogP contribution in [0.1, 0.15) is 22.2 Å². The molecule has 1 amide bonds. The van der Waals surface area contributed by atoms with Gasteiger partial charge in [0.05, 0.1) is 13.7 Å². The van der Waals surface area contributed by atoms with E-state index in [1.165, 1.54) is 0 Å². The van der Waals surface area contributed by atoms with Gasteiger partial charge in [-0.2, -0.15) is 4.98 Å². The van der Waals surface area contributed by atoms with E-state index in [1.807, 2.05) is 12.1 Å². The molecular weight excluding hydrogens is 296 g/mol. The van der Waals surface area contributed by atoms with Crippen LogP contribution in [0.15, 0.2) is 47.1 Å². The Bertz CT molecular complexity index is 822. The first-order valence-corrected chi connectivity index (χ1v) is 7.05. The van der Waals surface area contributed by atoms with Crippen LogP contribution in [0.25, 0.3) is 0 Å². The molecule has 118 valence electrons. The first-order valence-electron chi connectivity index (χ1n) is 7.05. The minimum atomic E-state index is -0.219. The van der Waals surface area contributed by atoms with Crippen molar-refractivity contribution in [2.24, 2.45) is 0 Å². The van der Waals surface area contributed by atoms with E-state index in [2.05, 4.69) is 15.5 Å². The second-order valence-corrected chi connectivity index (χ2v) is 4.94. The molecule has 0 saturated carbocycles. The Morgan fingerprint density at radius 1 is 1.35 bits per heavy atom. The van der Waals surface area contributed by atoms with Crippen LogP contribution in [-0.2, 0) is 6.54 Å². The van der Waals surface area contributed by atoms with E-state index in [0.29, 0.717) is 35.4 Å². The number of nitrogens with zero attached hydrogens (tertiary/aromatic N) is 3. The number of methoxy groups -OCH3 is 1. The maximum atomic E-state index is 12.5. The second-order valence-electron chi connectivity index (χ2n) is 4.94. The van der Waals surface area contributed by atoms with Gasteiger partial charge >= 0.3 is 0 Å². The highest BCUT2D eigenvalue weighted by molar-refractivity contribution is 6.03. The standard InChI is InChI=1S/C16H16N4O3/c1-11-17-15(19-23-11)10-20-8-4-7-14(20)16(21)18-12-5-3-6-13(9-12)22-2/h3-9H,10H2,1-2H3,(H,18,21). The van der Waals surface area contributed by atoms with Crippen LogP contribution < -0.4 is 10.1 Å². The Labute approximate surface area is 132 Å². The number of carbonyl (C=O) groups excluding carboxylic acids is 1. The van der Waals surface area contributed by atoms with Gasteiger partial charge in [-0.15, -0.1) is 0 Å². The van der Waals surface area contributed by atoms with Crippen LogP contribution in [0.2, 0.25) is 0 Å². The third kappa shape index (κ3) is 3.39. The number of rotatable bonds is 5. The Balaban J connectivity index is 1.76. The third-order valence-corrected chi connectivity index (χ3v) is 3.27. The highest BCUT2D eigenvalue weighted by Gasteiger charge is 2.13. The summed E-state index contributed by atoms with van der Waals surface area (Å²) < 4.78 is 11.9. The predicted octanol–water partition coefficient (Wildman–Crippen LogP) is 2.49. The third-order valence-electron chi connectivity index (χ3n) is 3.27. The molecule has 2 aromatic heterocycles. The summed E-state index contributed by atoms with van der Waals surface area (Å²) in [6, 6.07) is 10.7. The molecule has 0 aliphatic rings. The van der Waals surface area contributed by atoms with Gasteiger partial charge in [0.2, 0.25) is 5.89 Å². The number of aromatic nitrogens is 3. The van der Waals surface area contributed by atoms with Crippen LogP contribution in [0.4, 0.5) is 5.69 Å². The normalized spacial score (nSPS) is 10.5. The number of ether oxygens (including phenoxy) is 1. The number of carbonyl (C=O) groups is 1. The van der Waals surface area contributed by atoms with E-state index in [9.17, 15) is 4.79 Å². The van der Waals surface area contributed by atoms with E-state index in [4.69, 9.17) is 9.26 Å². The molecule has 0 fully saturated rings. The number of hydrogen-bond donors (Lipinski definition) is 1. The van der Waals surface area contributed by atoms with E-state index in [-0.39, 0.29) is 5.91 Å². The molecule has 0 saturated heterocycles. The van der Waals surface area contributed by atoms with Crippen molar-refractivity contribution in [3.05, 3.63) is 60.0 Å². The van der Waals surface area contributed by atoms with Gasteiger partial charge in [-0.3, -0.25) is 4.79 Å². The zero-order valence-electron chi connectivity index (χ0n) is 12.8. The van der Waals surface area contributed by atoms with E-state index in [1.54, 1.807) is 49.1 Å². The first kappa shape index (κ1) is 14.8. The lowest BCUT2D eigenvalue weighted by Gasteiger charge is -2.09. The Hall–Kier alpha value is -3.09. The van der Waals surface area contributed by atoms with Crippen molar-refractivity contribution >= 4 is 11.6 Å². The summed E-state index contributed by atoms with van der Waals surface area (Å²) in [5.74, 6) is 1.48. The quantitative estimate of drug-likeness (QED) is 0.782. The predicted molar refractivity (Wildman–Crippen MR) is 83.5 cm³/mol. The monoisotopic (exact) mass is 312 g/mol. The SMILES string of the molecule is COc1cccc(NC(=O)c2cccn2Cc2noc(C)n2)c1. The molecule has 1 aromatic carbocycles. The zero-order chi connectivity index (χ0) is 16.2. The van der Waals surface area contributed by atoms with Crippen LogP contribution in [0, 0.1) is 6.92 Å². The Kier molecular flexibility index (Phi) is 4.09. The number of hydrogen-bond acceptors (Lipinski definition) is 5. The van der Waals surface area contributed by atoms with Gasteiger partial charge in [0, 0.05) is 24.9 Å². The van der Waals surface area contributed by atoms with Gasteiger partial charge in [-0.05, 0) is 24.3 Å². The molecule has 3 aromatic rings. The van der Waals surface area contributed by atoms with Crippen molar-refractivity contribution in [2.45, 2.75) is 13.5 Å². The van der Waals surface area contributed by atoms with Crippen molar-refractivity contribution in [3.63, 3.8) is 0 Å². The van der Waals surface area contributed by atoms with Crippen LogP contribution >= 0.6 is 0 Å². The molecule has 23 heavy (non-hydrogen) atoms. The average Bonchev–Trinajstić information content (AvgIpc) is 3.17. The summed E-state index contributed by atoms with van der Waals surface area (Å²) in [5, 5.41) is 6.69.